The molecule has 0 fully saturated rings. The second-order valence-electron chi connectivity index (χ2n) is 2.85. The number of hydrogen-bond acceptors (Lipinski definition) is 3. The Morgan fingerprint density at radius 3 is 2.50 bits per heavy atom. The molecule has 0 saturated carbocycles. The fraction of sp³-hybridized carbons (Fsp3) is 0.300. The monoisotopic (exact) mass is 194 g/mol. The van der Waals surface area contributed by atoms with Crippen LogP contribution in [-0.2, 0) is 4.79 Å². The summed E-state index contributed by atoms with van der Waals surface area (Å²) in [6, 6.07) is 7.21. The van der Waals surface area contributed by atoms with Gasteiger partial charge in [-0.2, -0.15) is 0 Å². The van der Waals surface area contributed by atoms with Crippen molar-refractivity contribution in [1.29, 1.82) is 0 Å². The first-order valence-electron chi connectivity index (χ1n) is 4.37. The zero-order valence-electron chi connectivity index (χ0n) is 8.33. The SMILES string of the molecule is CNCOc1ccc(NC(C)=O)cc1. The van der Waals surface area contributed by atoms with Crippen molar-refractivity contribution in [3.05, 3.63) is 24.3 Å². The molecule has 1 amide bonds. The lowest BCUT2D eigenvalue weighted by atomic mass is 10.3. The minimum Gasteiger partial charge on any atom is -0.478 e. The Balaban J connectivity index is 2.54. The van der Waals surface area contributed by atoms with E-state index in [1.165, 1.54) is 6.92 Å². The van der Waals surface area contributed by atoms with Gasteiger partial charge < -0.3 is 10.1 Å². The predicted molar refractivity (Wildman–Crippen MR) is 55.3 cm³/mol. The third-order valence-corrected chi connectivity index (χ3v) is 1.56. The van der Waals surface area contributed by atoms with E-state index in [2.05, 4.69) is 10.6 Å². The van der Waals surface area contributed by atoms with E-state index in [9.17, 15) is 4.79 Å². The van der Waals surface area contributed by atoms with E-state index in [-0.39, 0.29) is 5.91 Å². The number of carbonyl (C=O) groups excluding carboxylic acids is 1. The standard InChI is InChI=1S/C10H14N2O2/c1-8(13)12-9-3-5-10(6-4-9)14-7-11-2/h3-6,11H,7H2,1-2H3,(H,12,13). The zero-order chi connectivity index (χ0) is 10.4. The Kier molecular flexibility index (Phi) is 3.94. The van der Waals surface area contributed by atoms with Gasteiger partial charge in [0.05, 0.1) is 0 Å². The van der Waals surface area contributed by atoms with Crippen molar-refractivity contribution in [2.75, 3.05) is 19.1 Å². The van der Waals surface area contributed by atoms with Gasteiger partial charge in [-0.1, -0.05) is 0 Å². The molecule has 0 bridgehead atoms. The van der Waals surface area contributed by atoms with Crippen molar-refractivity contribution in [3.63, 3.8) is 0 Å². The smallest absolute Gasteiger partial charge is 0.221 e. The van der Waals surface area contributed by atoms with Gasteiger partial charge >= 0.3 is 0 Å². The van der Waals surface area contributed by atoms with Gasteiger partial charge in [-0.05, 0) is 31.3 Å². The summed E-state index contributed by atoms with van der Waals surface area (Å²) in [6.45, 7) is 1.95. The van der Waals surface area contributed by atoms with Gasteiger partial charge in [0.25, 0.3) is 0 Å². The Morgan fingerprint density at radius 1 is 1.36 bits per heavy atom. The largest absolute Gasteiger partial charge is 0.478 e. The summed E-state index contributed by atoms with van der Waals surface area (Å²) in [5.74, 6) is 0.697. The van der Waals surface area contributed by atoms with Gasteiger partial charge in [0, 0.05) is 12.6 Å². The van der Waals surface area contributed by atoms with Gasteiger partial charge in [-0.15, -0.1) is 0 Å². The molecule has 4 heteroatoms. The number of rotatable bonds is 4. The molecule has 14 heavy (non-hydrogen) atoms. The van der Waals surface area contributed by atoms with Crippen molar-refractivity contribution in [2.45, 2.75) is 6.92 Å². The molecule has 0 saturated heterocycles. The molecule has 0 atom stereocenters. The number of anilines is 1. The first kappa shape index (κ1) is 10.5. The lowest BCUT2D eigenvalue weighted by molar-refractivity contribution is -0.114. The topological polar surface area (TPSA) is 50.4 Å². The maximum atomic E-state index is 10.7. The average Bonchev–Trinajstić information content (AvgIpc) is 2.16. The molecule has 0 aliphatic rings. The summed E-state index contributed by atoms with van der Waals surface area (Å²) in [6.07, 6.45) is 0. The van der Waals surface area contributed by atoms with Crippen LogP contribution in [0.15, 0.2) is 24.3 Å². The highest BCUT2D eigenvalue weighted by molar-refractivity contribution is 5.88. The molecule has 2 N–H and O–H groups in total. The van der Waals surface area contributed by atoms with Crippen molar-refractivity contribution in [1.82, 2.24) is 5.32 Å². The predicted octanol–water partition coefficient (Wildman–Crippen LogP) is 1.20. The molecule has 1 aromatic carbocycles. The Bertz CT molecular complexity index is 295. The summed E-state index contributed by atoms with van der Waals surface area (Å²) < 4.78 is 5.29. The van der Waals surface area contributed by atoms with E-state index >= 15 is 0 Å². The molecule has 0 heterocycles. The number of hydrogen-bond donors (Lipinski definition) is 2. The van der Waals surface area contributed by atoms with Crippen LogP contribution in [0.3, 0.4) is 0 Å². The van der Waals surface area contributed by atoms with E-state index < -0.39 is 0 Å². The molecule has 4 nitrogen and oxygen atoms in total. The van der Waals surface area contributed by atoms with E-state index in [0.717, 1.165) is 11.4 Å². The van der Waals surface area contributed by atoms with E-state index in [1.54, 1.807) is 12.1 Å². The van der Waals surface area contributed by atoms with Crippen LogP contribution in [0, 0.1) is 0 Å². The van der Waals surface area contributed by atoms with Gasteiger partial charge in [-0.25, -0.2) is 0 Å². The second-order valence-corrected chi connectivity index (χ2v) is 2.85. The number of nitrogens with one attached hydrogen (secondary N) is 2. The summed E-state index contributed by atoms with van der Waals surface area (Å²) in [4.78, 5) is 10.7. The van der Waals surface area contributed by atoms with Gasteiger partial charge in [-0.3, -0.25) is 10.1 Å². The molecular weight excluding hydrogens is 180 g/mol. The molecular formula is C10H14N2O2. The molecule has 1 rings (SSSR count). The van der Waals surface area contributed by atoms with Gasteiger partial charge in [0.2, 0.25) is 5.91 Å². The quantitative estimate of drug-likeness (QED) is 0.708. The van der Waals surface area contributed by atoms with Crippen LogP contribution in [0.5, 0.6) is 5.75 Å². The Hall–Kier alpha value is -1.55. The lowest BCUT2D eigenvalue weighted by Gasteiger charge is -2.06. The highest BCUT2D eigenvalue weighted by Gasteiger charge is 1.95. The summed E-state index contributed by atoms with van der Waals surface area (Å²) in [7, 11) is 1.81. The third kappa shape index (κ3) is 3.45. The minimum absolute atomic E-state index is 0.0751. The number of benzene rings is 1. The summed E-state index contributed by atoms with van der Waals surface area (Å²) in [5.41, 5.74) is 0.773. The van der Waals surface area contributed by atoms with Crippen LogP contribution in [0.1, 0.15) is 6.92 Å². The number of carbonyl (C=O) groups is 1. The van der Waals surface area contributed by atoms with Gasteiger partial charge in [0.15, 0.2) is 0 Å². The number of ether oxygens (including phenoxy) is 1. The fourth-order valence-electron chi connectivity index (χ4n) is 0.993. The number of amides is 1. The van der Waals surface area contributed by atoms with Crippen LogP contribution in [0.4, 0.5) is 5.69 Å². The second kappa shape index (κ2) is 5.24. The zero-order valence-corrected chi connectivity index (χ0v) is 8.33. The van der Waals surface area contributed by atoms with E-state index in [1.807, 2.05) is 19.2 Å². The molecule has 0 aliphatic carbocycles. The van der Waals surface area contributed by atoms with Gasteiger partial charge in [0.1, 0.15) is 12.5 Å². The maximum Gasteiger partial charge on any atom is 0.221 e. The molecule has 0 aliphatic heterocycles. The van der Waals surface area contributed by atoms with Crippen molar-refractivity contribution >= 4 is 11.6 Å². The van der Waals surface area contributed by atoms with Crippen LogP contribution in [-0.4, -0.2) is 19.7 Å². The first-order chi connectivity index (χ1) is 6.72. The summed E-state index contributed by atoms with van der Waals surface area (Å²) >= 11 is 0. The van der Waals surface area contributed by atoms with Crippen LogP contribution in [0.25, 0.3) is 0 Å². The molecule has 76 valence electrons. The Morgan fingerprint density at radius 2 is 2.00 bits per heavy atom. The molecule has 0 spiro atoms. The molecule has 0 radical (unpaired) electrons. The molecule has 0 aromatic heterocycles. The normalized spacial score (nSPS) is 9.57. The minimum atomic E-state index is -0.0751. The average molecular weight is 194 g/mol. The third-order valence-electron chi connectivity index (χ3n) is 1.56. The van der Waals surface area contributed by atoms with Crippen molar-refractivity contribution in [3.8, 4) is 5.75 Å². The van der Waals surface area contributed by atoms with Crippen LogP contribution >= 0.6 is 0 Å². The lowest BCUT2D eigenvalue weighted by Crippen LogP contribution is -2.14. The summed E-state index contributed by atoms with van der Waals surface area (Å²) in [5, 5.41) is 5.55. The Labute approximate surface area is 83.3 Å². The van der Waals surface area contributed by atoms with Crippen molar-refractivity contribution in [2.24, 2.45) is 0 Å². The van der Waals surface area contributed by atoms with Crippen molar-refractivity contribution < 1.29 is 9.53 Å². The van der Waals surface area contributed by atoms with E-state index in [4.69, 9.17) is 4.74 Å². The first-order valence-corrected chi connectivity index (χ1v) is 4.37. The highest BCUT2D eigenvalue weighted by atomic mass is 16.5. The van der Waals surface area contributed by atoms with Crippen LogP contribution < -0.4 is 15.4 Å². The highest BCUT2D eigenvalue weighted by Crippen LogP contribution is 2.14. The van der Waals surface area contributed by atoms with E-state index in [0.29, 0.717) is 6.73 Å². The molecule has 0 unspecified atom stereocenters. The molecule has 1 aromatic rings. The fourth-order valence-corrected chi connectivity index (χ4v) is 0.993. The van der Waals surface area contributed by atoms with Crippen LogP contribution in [0.2, 0.25) is 0 Å². The maximum absolute atomic E-state index is 10.7.